The Morgan fingerprint density at radius 1 is 1.21 bits per heavy atom. The summed E-state index contributed by atoms with van der Waals surface area (Å²) in [7, 11) is -4.00. The minimum atomic E-state index is -4.00. The van der Waals surface area contributed by atoms with Crippen molar-refractivity contribution in [2.75, 3.05) is 0 Å². The number of carboxylic acid groups (broad SMARTS) is 1. The van der Waals surface area contributed by atoms with Gasteiger partial charge in [-0.15, -0.1) is 0 Å². The molecule has 0 heterocycles. The van der Waals surface area contributed by atoms with E-state index in [1.54, 1.807) is 36.4 Å². The van der Waals surface area contributed by atoms with E-state index in [2.05, 4.69) is 15.9 Å². The molecule has 0 bridgehead atoms. The first kappa shape index (κ1) is 18.9. The maximum Gasteiger partial charge on any atom is 0.321 e. The molecule has 0 aromatic heterocycles. The molecule has 0 aliphatic carbocycles. The largest absolute Gasteiger partial charge is 0.480 e. The van der Waals surface area contributed by atoms with Gasteiger partial charge in [0.1, 0.15) is 6.04 Å². The Balaban J connectivity index is 2.48. The summed E-state index contributed by atoms with van der Waals surface area (Å²) in [6.07, 6.45) is 0. The Morgan fingerprint density at radius 2 is 1.79 bits per heavy atom. The van der Waals surface area contributed by atoms with Crippen LogP contribution >= 0.6 is 27.5 Å². The van der Waals surface area contributed by atoms with Gasteiger partial charge in [-0.05, 0) is 42.8 Å². The van der Waals surface area contributed by atoms with Crippen LogP contribution in [0.25, 0.3) is 0 Å². The van der Waals surface area contributed by atoms with Crippen LogP contribution in [0.2, 0.25) is 5.02 Å². The van der Waals surface area contributed by atoms with Crippen molar-refractivity contribution in [3.05, 3.63) is 63.6 Å². The summed E-state index contributed by atoms with van der Waals surface area (Å²) in [5.74, 6) is -1.23. The first-order chi connectivity index (χ1) is 11.2. The van der Waals surface area contributed by atoms with Crippen LogP contribution < -0.4 is 0 Å². The number of rotatable bonds is 6. The molecule has 1 N–H and O–H groups in total. The first-order valence-corrected chi connectivity index (χ1v) is 9.58. The predicted molar refractivity (Wildman–Crippen MR) is 95.4 cm³/mol. The Morgan fingerprint density at radius 3 is 2.33 bits per heavy atom. The van der Waals surface area contributed by atoms with Gasteiger partial charge in [0, 0.05) is 16.0 Å². The van der Waals surface area contributed by atoms with Gasteiger partial charge >= 0.3 is 5.97 Å². The number of hydrogen-bond acceptors (Lipinski definition) is 3. The third-order valence-electron chi connectivity index (χ3n) is 3.49. The number of halogens is 2. The average Bonchev–Trinajstić information content (AvgIpc) is 2.53. The molecule has 1 atom stereocenters. The number of carboxylic acids is 1. The number of sulfonamides is 1. The Kier molecular flexibility index (Phi) is 6.03. The molecule has 5 nitrogen and oxygen atoms in total. The van der Waals surface area contributed by atoms with Gasteiger partial charge in [0.05, 0.1) is 4.90 Å². The summed E-state index contributed by atoms with van der Waals surface area (Å²) in [6.45, 7) is 1.20. The Labute approximate surface area is 154 Å². The van der Waals surface area contributed by atoms with Gasteiger partial charge in [0.2, 0.25) is 10.0 Å². The number of hydrogen-bond donors (Lipinski definition) is 1. The third kappa shape index (κ3) is 4.16. The molecule has 8 heteroatoms. The fourth-order valence-electron chi connectivity index (χ4n) is 2.09. The molecule has 2 aromatic carbocycles. The van der Waals surface area contributed by atoms with Crippen molar-refractivity contribution in [1.29, 1.82) is 0 Å². The fourth-order valence-corrected chi connectivity index (χ4v) is 4.12. The Bertz CT molecular complexity index is 839. The van der Waals surface area contributed by atoms with E-state index in [9.17, 15) is 18.3 Å². The Hall–Kier alpha value is -1.41. The molecule has 0 spiro atoms. The topological polar surface area (TPSA) is 74.7 Å². The lowest BCUT2D eigenvalue weighted by Crippen LogP contribution is -2.42. The van der Waals surface area contributed by atoms with E-state index in [1.165, 1.54) is 19.1 Å². The minimum absolute atomic E-state index is 0.0193. The molecule has 0 aliphatic heterocycles. The highest BCUT2D eigenvalue weighted by Crippen LogP contribution is 2.25. The van der Waals surface area contributed by atoms with Crippen LogP contribution in [-0.4, -0.2) is 29.8 Å². The van der Waals surface area contributed by atoms with Gasteiger partial charge in [0.15, 0.2) is 0 Å². The van der Waals surface area contributed by atoms with Gasteiger partial charge in [-0.2, -0.15) is 4.31 Å². The van der Waals surface area contributed by atoms with Gasteiger partial charge in [0.25, 0.3) is 0 Å². The number of aliphatic carboxylic acids is 1. The van der Waals surface area contributed by atoms with E-state index >= 15 is 0 Å². The standard InChI is InChI=1S/C16H15BrClNO4S/c1-11(16(20)21)19(10-12-4-2-3-5-15(12)18)24(22,23)14-8-6-13(17)7-9-14/h2-9,11H,10H2,1H3,(H,20,21). The van der Waals surface area contributed by atoms with Gasteiger partial charge < -0.3 is 5.11 Å². The summed E-state index contributed by atoms with van der Waals surface area (Å²) >= 11 is 9.34. The summed E-state index contributed by atoms with van der Waals surface area (Å²) in [5, 5.41) is 9.69. The lowest BCUT2D eigenvalue weighted by Gasteiger charge is -2.26. The molecule has 24 heavy (non-hydrogen) atoms. The smallest absolute Gasteiger partial charge is 0.321 e. The number of benzene rings is 2. The molecule has 0 radical (unpaired) electrons. The lowest BCUT2D eigenvalue weighted by molar-refractivity contribution is -0.141. The van der Waals surface area contributed by atoms with Crippen molar-refractivity contribution < 1.29 is 18.3 Å². The molecular formula is C16H15BrClNO4S. The van der Waals surface area contributed by atoms with Gasteiger partial charge in [-0.3, -0.25) is 4.79 Å². The molecular weight excluding hydrogens is 418 g/mol. The monoisotopic (exact) mass is 431 g/mol. The highest BCUT2D eigenvalue weighted by Gasteiger charge is 2.33. The van der Waals surface area contributed by atoms with Crippen LogP contribution in [0.4, 0.5) is 0 Å². The van der Waals surface area contributed by atoms with E-state index in [0.29, 0.717) is 10.6 Å². The van der Waals surface area contributed by atoms with E-state index in [0.717, 1.165) is 8.78 Å². The molecule has 0 fully saturated rings. The molecule has 1 unspecified atom stereocenters. The fraction of sp³-hybridized carbons (Fsp3) is 0.188. The first-order valence-electron chi connectivity index (χ1n) is 6.97. The zero-order valence-electron chi connectivity index (χ0n) is 12.7. The van der Waals surface area contributed by atoms with E-state index in [-0.39, 0.29) is 11.4 Å². The molecule has 0 aliphatic rings. The van der Waals surface area contributed by atoms with E-state index in [4.69, 9.17) is 11.6 Å². The van der Waals surface area contributed by atoms with Crippen LogP contribution in [0.3, 0.4) is 0 Å². The van der Waals surface area contributed by atoms with Crippen molar-refractivity contribution in [2.24, 2.45) is 0 Å². The summed E-state index contributed by atoms with van der Waals surface area (Å²) in [4.78, 5) is 11.4. The van der Waals surface area contributed by atoms with Gasteiger partial charge in [-0.25, -0.2) is 8.42 Å². The molecule has 0 saturated carbocycles. The minimum Gasteiger partial charge on any atom is -0.480 e. The van der Waals surface area contributed by atoms with E-state index in [1.807, 2.05) is 0 Å². The van der Waals surface area contributed by atoms with Crippen LogP contribution in [-0.2, 0) is 21.4 Å². The van der Waals surface area contributed by atoms with Gasteiger partial charge in [-0.1, -0.05) is 45.7 Å². The summed E-state index contributed by atoms with van der Waals surface area (Å²) < 4.78 is 27.5. The lowest BCUT2D eigenvalue weighted by atomic mass is 10.2. The zero-order chi connectivity index (χ0) is 17.9. The van der Waals surface area contributed by atoms with Crippen molar-refractivity contribution in [3.8, 4) is 0 Å². The number of nitrogens with zero attached hydrogens (tertiary/aromatic N) is 1. The van der Waals surface area contributed by atoms with Crippen LogP contribution in [0.1, 0.15) is 12.5 Å². The SMILES string of the molecule is CC(C(=O)O)N(Cc1ccccc1Cl)S(=O)(=O)c1ccc(Br)cc1. The summed E-state index contributed by atoms with van der Waals surface area (Å²) in [6, 6.07) is 11.5. The maximum atomic E-state index is 12.9. The molecule has 2 aromatic rings. The van der Waals surface area contributed by atoms with Crippen molar-refractivity contribution >= 4 is 43.5 Å². The van der Waals surface area contributed by atoms with Crippen molar-refractivity contribution in [1.82, 2.24) is 4.31 Å². The highest BCUT2D eigenvalue weighted by atomic mass is 79.9. The maximum absolute atomic E-state index is 12.9. The molecule has 128 valence electrons. The van der Waals surface area contributed by atoms with Crippen LogP contribution in [0.15, 0.2) is 57.9 Å². The second kappa shape index (κ2) is 7.65. The zero-order valence-corrected chi connectivity index (χ0v) is 15.8. The molecule has 2 rings (SSSR count). The van der Waals surface area contributed by atoms with Crippen molar-refractivity contribution in [2.45, 2.75) is 24.4 Å². The third-order valence-corrected chi connectivity index (χ3v) is 6.32. The second-order valence-corrected chi connectivity index (χ2v) is 8.32. The molecule has 0 amide bonds. The van der Waals surface area contributed by atoms with E-state index < -0.39 is 22.0 Å². The normalized spacial score (nSPS) is 13.0. The average molecular weight is 433 g/mol. The second-order valence-electron chi connectivity index (χ2n) is 5.11. The quantitative estimate of drug-likeness (QED) is 0.754. The molecule has 0 saturated heterocycles. The summed E-state index contributed by atoms with van der Waals surface area (Å²) in [5.41, 5.74) is 0.535. The highest BCUT2D eigenvalue weighted by molar-refractivity contribution is 9.10. The van der Waals surface area contributed by atoms with Crippen molar-refractivity contribution in [3.63, 3.8) is 0 Å². The van der Waals surface area contributed by atoms with Crippen LogP contribution in [0.5, 0.6) is 0 Å². The predicted octanol–water partition coefficient (Wildman–Crippen LogP) is 3.77. The number of carbonyl (C=O) groups is 1. The van der Waals surface area contributed by atoms with Crippen LogP contribution in [0, 0.1) is 0 Å².